The van der Waals surface area contributed by atoms with Gasteiger partial charge in [0.2, 0.25) is 0 Å². The van der Waals surface area contributed by atoms with Gasteiger partial charge in [0, 0.05) is 37.3 Å². The minimum absolute atomic E-state index is 0.0738. The largest absolute Gasteiger partial charge is 0.256 e. The van der Waals surface area contributed by atoms with E-state index in [4.69, 9.17) is 4.98 Å². The van der Waals surface area contributed by atoms with Gasteiger partial charge in [0.25, 0.3) is 0 Å². The molecular formula is C27H23NS. The zero-order chi connectivity index (χ0) is 20.0. The van der Waals surface area contributed by atoms with Gasteiger partial charge in [-0.15, -0.1) is 11.3 Å². The van der Waals surface area contributed by atoms with Crippen LogP contribution in [0.2, 0.25) is 0 Å². The first-order valence-corrected chi connectivity index (χ1v) is 10.8. The van der Waals surface area contributed by atoms with Crippen molar-refractivity contribution in [2.24, 2.45) is 0 Å². The van der Waals surface area contributed by atoms with Crippen LogP contribution in [0.5, 0.6) is 0 Å². The highest BCUT2D eigenvalue weighted by Crippen LogP contribution is 2.37. The lowest BCUT2D eigenvalue weighted by Gasteiger charge is -2.26. The Hall–Kier alpha value is -2.97. The van der Waals surface area contributed by atoms with E-state index in [2.05, 4.69) is 99.6 Å². The summed E-state index contributed by atoms with van der Waals surface area (Å²) < 4.78 is 2.68. The maximum absolute atomic E-state index is 4.71. The molecule has 0 unspecified atom stereocenters. The first kappa shape index (κ1) is 18.1. The van der Waals surface area contributed by atoms with E-state index in [9.17, 15) is 0 Å². The van der Waals surface area contributed by atoms with Gasteiger partial charge in [-0.2, -0.15) is 0 Å². The second-order valence-electron chi connectivity index (χ2n) is 8.23. The van der Waals surface area contributed by atoms with E-state index in [0.29, 0.717) is 0 Å². The van der Waals surface area contributed by atoms with Crippen molar-refractivity contribution in [2.75, 3.05) is 0 Å². The molecule has 5 rings (SSSR count). The van der Waals surface area contributed by atoms with Crippen LogP contribution in [-0.4, -0.2) is 4.98 Å². The van der Waals surface area contributed by atoms with Crippen LogP contribution in [0.15, 0.2) is 85.1 Å². The van der Waals surface area contributed by atoms with Crippen LogP contribution in [0.1, 0.15) is 30.5 Å². The number of hydrogen-bond donors (Lipinski definition) is 0. The Balaban J connectivity index is 1.62. The molecule has 142 valence electrons. The topological polar surface area (TPSA) is 12.9 Å². The minimum atomic E-state index is -0.0738. The number of aryl methyl sites for hydroxylation is 1. The molecule has 29 heavy (non-hydrogen) atoms. The summed E-state index contributed by atoms with van der Waals surface area (Å²) in [6, 6.07) is 28.5. The van der Waals surface area contributed by atoms with E-state index in [1.807, 2.05) is 17.5 Å². The van der Waals surface area contributed by atoms with Crippen LogP contribution in [0.4, 0.5) is 0 Å². The lowest BCUT2D eigenvalue weighted by atomic mass is 9.78. The highest BCUT2D eigenvalue weighted by molar-refractivity contribution is 7.25. The fourth-order valence-electron chi connectivity index (χ4n) is 4.04. The van der Waals surface area contributed by atoms with E-state index < -0.39 is 0 Å². The third-order valence-corrected chi connectivity index (χ3v) is 7.03. The van der Waals surface area contributed by atoms with Crippen molar-refractivity contribution in [2.45, 2.75) is 26.2 Å². The number of nitrogens with zero attached hydrogens (tertiary/aromatic N) is 1. The molecular weight excluding hydrogens is 370 g/mol. The van der Waals surface area contributed by atoms with Crippen LogP contribution in [-0.2, 0) is 5.41 Å². The molecule has 0 N–H and O–H groups in total. The van der Waals surface area contributed by atoms with Gasteiger partial charge in [-0.05, 0) is 53.9 Å². The molecule has 0 aliphatic carbocycles. The molecule has 2 heteroatoms. The maximum atomic E-state index is 4.71. The van der Waals surface area contributed by atoms with Crippen LogP contribution < -0.4 is 0 Å². The number of fused-ring (bicyclic) bond motifs is 3. The summed E-state index contributed by atoms with van der Waals surface area (Å²) in [7, 11) is 0. The number of thiophene rings is 1. The summed E-state index contributed by atoms with van der Waals surface area (Å²) in [5, 5.41) is 2.65. The van der Waals surface area contributed by atoms with Gasteiger partial charge < -0.3 is 0 Å². The van der Waals surface area contributed by atoms with E-state index in [1.54, 1.807) is 0 Å². The van der Waals surface area contributed by atoms with Crippen molar-refractivity contribution in [3.63, 3.8) is 0 Å². The van der Waals surface area contributed by atoms with E-state index in [1.165, 1.54) is 42.4 Å². The first-order chi connectivity index (χ1) is 14.0. The molecule has 0 spiro atoms. The van der Waals surface area contributed by atoms with Gasteiger partial charge in [0.05, 0.1) is 5.69 Å². The van der Waals surface area contributed by atoms with Crippen LogP contribution in [0, 0.1) is 6.92 Å². The van der Waals surface area contributed by atoms with E-state index in [-0.39, 0.29) is 5.41 Å². The van der Waals surface area contributed by atoms with Crippen molar-refractivity contribution in [3.05, 3.63) is 102 Å². The van der Waals surface area contributed by atoms with Gasteiger partial charge in [0.1, 0.15) is 0 Å². The van der Waals surface area contributed by atoms with Crippen molar-refractivity contribution in [1.82, 2.24) is 4.98 Å². The molecule has 2 heterocycles. The Bertz CT molecular complexity index is 1330. The highest BCUT2D eigenvalue weighted by atomic mass is 32.1. The summed E-state index contributed by atoms with van der Waals surface area (Å²) in [5.41, 5.74) is 6.02. The number of benzene rings is 3. The minimum Gasteiger partial charge on any atom is -0.256 e. The molecule has 0 radical (unpaired) electrons. The quantitative estimate of drug-likeness (QED) is 0.305. The lowest BCUT2D eigenvalue weighted by Crippen LogP contribution is -2.18. The molecule has 5 aromatic rings. The third-order valence-electron chi connectivity index (χ3n) is 5.90. The molecule has 0 bridgehead atoms. The molecule has 0 aliphatic heterocycles. The number of pyridine rings is 1. The monoisotopic (exact) mass is 393 g/mol. The smallest absolute Gasteiger partial charge is 0.0705 e. The number of hydrogen-bond acceptors (Lipinski definition) is 2. The summed E-state index contributed by atoms with van der Waals surface area (Å²) in [4.78, 5) is 4.71. The molecule has 2 aromatic heterocycles. The summed E-state index contributed by atoms with van der Waals surface area (Å²) >= 11 is 1.86. The Labute approximate surface area is 175 Å². The van der Waals surface area contributed by atoms with Crippen LogP contribution in [0.25, 0.3) is 31.4 Å². The molecule has 0 fully saturated rings. The average molecular weight is 394 g/mol. The second-order valence-corrected chi connectivity index (χ2v) is 9.32. The summed E-state index contributed by atoms with van der Waals surface area (Å²) in [6.45, 7) is 6.71. The Morgan fingerprint density at radius 1 is 0.724 bits per heavy atom. The normalized spacial score (nSPS) is 12.0. The first-order valence-electron chi connectivity index (χ1n) is 9.98. The van der Waals surface area contributed by atoms with Gasteiger partial charge in [-0.1, -0.05) is 62.4 Å². The lowest BCUT2D eigenvalue weighted by molar-refractivity contribution is 0.640. The zero-order valence-corrected chi connectivity index (χ0v) is 17.8. The van der Waals surface area contributed by atoms with Crippen molar-refractivity contribution < 1.29 is 0 Å². The molecule has 1 nitrogen and oxygen atoms in total. The number of rotatable bonds is 3. The van der Waals surface area contributed by atoms with Crippen molar-refractivity contribution >= 4 is 31.5 Å². The third kappa shape index (κ3) is 3.14. The van der Waals surface area contributed by atoms with Gasteiger partial charge >= 0.3 is 0 Å². The molecule has 0 saturated carbocycles. The fourth-order valence-corrected chi connectivity index (χ4v) is 5.23. The van der Waals surface area contributed by atoms with Crippen molar-refractivity contribution in [3.8, 4) is 11.3 Å². The van der Waals surface area contributed by atoms with Gasteiger partial charge in [0.15, 0.2) is 0 Å². The Morgan fingerprint density at radius 2 is 1.55 bits per heavy atom. The standard InChI is InChI=1S/C27H23NS/c1-18-9-11-22-23-16-19(10-12-25(23)29-26(22)15-18)24-17-21(13-14-28-24)27(2,3)20-7-5-4-6-8-20/h4-17H,1-3H3. The van der Waals surface area contributed by atoms with Crippen molar-refractivity contribution in [1.29, 1.82) is 0 Å². The zero-order valence-electron chi connectivity index (χ0n) is 16.9. The van der Waals surface area contributed by atoms with Crippen LogP contribution in [0.3, 0.4) is 0 Å². The SMILES string of the molecule is Cc1ccc2c(c1)sc1ccc(-c3cc(C(C)(C)c4ccccc4)ccn3)cc12. The second kappa shape index (κ2) is 6.82. The average Bonchev–Trinajstić information content (AvgIpc) is 3.11. The number of aromatic nitrogens is 1. The molecule has 0 amide bonds. The van der Waals surface area contributed by atoms with E-state index in [0.717, 1.165) is 5.69 Å². The molecule has 3 aromatic carbocycles. The Morgan fingerprint density at radius 3 is 2.38 bits per heavy atom. The predicted molar refractivity (Wildman–Crippen MR) is 126 cm³/mol. The Kier molecular flexibility index (Phi) is 4.25. The highest BCUT2D eigenvalue weighted by Gasteiger charge is 2.23. The molecule has 0 atom stereocenters. The van der Waals surface area contributed by atoms with Crippen LogP contribution >= 0.6 is 11.3 Å². The van der Waals surface area contributed by atoms with Gasteiger partial charge in [-0.3, -0.25) is 4.98 Å². The predicted octanol–water partition coefficient (Wildman–Crippen LogP) is 7.75. The maximum Gasteiger partial charge on any atom is 0.0705 e. The van der Waals surface area contributed by atoms with E-state index >= 15 is 0 Å². The van der Waals surface area contributed by atoms with Gasteiger partial charge in [-0.25, -0.2) is 0 Å². The molecule has 0 aliphatic rings. The summed E-state index contributed by atoms with van der Waals surface area (Å²) in [5.74, 6) is 0. The molecule has 0 saturated heterocycles. The fraction of sp³-hybridized carbons (Fsp3) is 0.148. The summed E-state index contributed by atoms with van der Waals surface area (Å²) in [6.07, 6.45) is 1.94.